The Labute approximate surface area is 283 Å². The molecule has 0 aromatic carbocycles. The second-order valence-corrected chi connectivity index (χ2v) is 18.8. The summed E-state index contributed by atoms with van der Waals surface area (Å²) in [5.74, 6) is 2.01. The van der Waals surface area contributed by atoms with Gasteiger partial charge in [-0.15, -0.1) is 0 Å². The molecule has 1 N–H and O–H groups in total. The molecular weight excluding hydrogens is 602 g/mol. The summed E-state index contributed by atoms with van der Waals surface area (Å²) in [7, 11) is 0. The number of hydrogen-bond acceptors (Lipinski definition) is 9. The zero-order valence-electron chi connectivity index (χ0n) is 28.9. The number of hydrogen-bond donors (Lipinski definition) is 2. The van der Waals surface area contributed by atoms with Crippen LogP contribution in [-0.4, -0.2) is 96.0 Å². The lowest BCUT2D eigenvalue weighted by Crippen LogP contribution is -2.57. The van der Waals surface area contributed by atoms with Crippen LogP contribution in [0.15, 0.2) is 0 Å². The maximum absolute atomic E-state index is 11.9. The van der Waals surface area contributed by atoms with Crippen LogP contribution in [0.25, 0.3) is 0 Å². The molecule has 2 spiro atoms. The molecule has 8 aliphatic rings. The molecule has 262 valence electrons. The highest BCUT2D eigenvalue weighted by atomic mass is 32.1. The quantitative estimate of drug-likeness (QED) is 0.279. The van der Waals surface area contributed by atoms with E-state index in [0.717, 1.165) is 65.0 Å². The lowest BCUT2D eigenvalue weighted by atomic mass is 9.48. The molecule has 3 aliphatic heterocycles. The molecule has 8 fully saturated rings. The fraction of sp³-hybridized carbons (Fsp3) is 0.973. The van der Waals surface area contributed by atoms with Gasteiger partial charge in [0.25, 0.3) is 0 Å². The fourth-order valence-electron chi connectivity index (χ4n) is 13.2. The number of carbonyl (C=O) groups excluding carboxylic acids is 1. The Morgan fingerprint density at radius 2 is 1.83 bits per heavy atom. The molecule has 0 aromatic rings. The summed E-state index contributed by atoms with van der Waals surface area (Å²) in [6.45, 7) is 14.2. The maximum Gasteiger partial charge on any atom is 0.303 e. The van der Waals surface area contributed by atoms with Crippen molar-refractivity contribution in [2.45, 2.75) is 152 Å². The second-order valence-electron chi connectivity index (χ2n) is 17.9. The summed E-state index contributed by atoms with van der Waals surface area (Å²) < 4.78 is 31.3. The second kappa shape index (κ2) is 11.3. The SMILES string of the molecule is CC(=O)O[C@@H](C1CCC2C(CC3C4CCC5C(C)(C)[C@@H](OC6CN([C@H]7CCOC7)CCO6)CCC56C[C@@]46CC[C@]23S)O1)C(C)(C)O.[HH]. The average molecular weight is 664 g/mol. The minimum Gasteiger partial charge on any atom is -0.457 e. The lowest BCUT2D eigenvalue weighted by Gasteiger charge is -2.59. The average Bonchev–Trinajstić information content (AvgIpc) is 3.26. The number of thiol groups is 1. The van der Waals surface area contributed by atoms with Crippen molar-refractivity contribution in [2.75, 3.05) is 32.9 Å². The van der Waals surface area contributed by atoms with Crippen LogP contribution >= 0.6 is 12.6 Å². The molecule has 0 radical (unpaired) electrons. The van der Waals surface area contributed by atoms with Gasteiger partial charge in [0.2, 0.25) is 0 Å². The van der Waals surface area contributed by atoms with Crippen molar-refractivity contribution >= 4 is 18.6 Å². The van der Waals surface area contributed by atoms with E-state index in [1.807, 2.05) is 0 Å². The standard InChI is InChI=1S/C37H59NO7S.H2/c1-22(39)43-32(34(4,5)40)27-8-6-25-28(44-27)18-26-24-7-9-29-33(2,3)30(10-12-36(29)21-35(24,36)13-14-37(25,26)46)45-31-19-38(15-17-42-31)23-11-16-41-20-23;/h23-32,40,46H,6-21H2,1-5H3;1H/t23-,24?,25?,26?,27?,28?,29?,30-,31?,32-,35-,36?,37-;/m0./s1. The van der Waals surface area contributed by atoms with Crippen LogP contribution in [0, 0.1) is 39.9 Å². The minimum absolute atomic E-state index is 0. The highest BCUT2D eigenvalue weighted by molar-refractivity contribution is 7.81. The third kappa shape index (κ3) is 4.93. The molecule has 46 heavy (non-hydrogen) atoms. The van der Waals surface area contributed by atoms with Crippen molar-refractivity contribution in [1.82, 2.24) is 4.90 Å². The Hall–Kier alpha value is -0.420. The first-order valence-electron chi connectivity index (χ1n) is 18.6. The Bertz CT molecular complexity index is 1190. The number of rotatable bonds is 6. The zero-order valence-corrected chi connectivity index (χ0v) is 29.8. The van der Waals surface area contributed by atoms with Crippen LogP contribution in [0.5, 0.6) is 0 Å². The summed E-state index contributed by atoms with van der Waals surface area (Å²) in [6.07, 6.45) is 12.1. The van der Waals surface area contributed by atoms with E-state index in [4.69, 9.17) is 36.3 Å². The van der Waals surface area contributed by atoms with E-state index in [2.05, 4.69) is 18.7 Å². The molecule has 13 atom stereocenters. The molecule has 9 heteroatoms. The molecule has 0 bridgehead atoms. The summed E-state index contributed by atoms with van der Waals surface area (Å²) in [4.78, 5) is 14.5. The first kappa shape index (κ1) is 32.8. The van der Waals surface area contributed by atoms with Gasteiger partial charge in [-0.25, -0.2) is 0 Å². The largest absolute Gasteiger partial charge is 0.457 e. The molecule has 5 aliphatic carbocycles. The Morgan fingerprint density at radius 1 is 1.02 bits per heavy atom. The summed E-state index contributed by atoms with van der Waals surface area (Å²) in [6, 6.07) is 0.511. The highest BCUT2D eigenvalue weighted by Crippen LogP contribution is 2.86. The predicted molar refractivity (Wildman–Crippen MR) is 179 cm³/mol. The molecule has 0 amide bonds. The minimum atomic E-state index is -1.15. The third-order valence-electron chi connectivity index (χ3n) is 15.1. The van der Waals surface area contributed by atoms with Crippen molar-refractivity contribution in [3.8, 4) is 0 Å². The van der Waals surface area contributed by atoms with Crippen LogP contribution < -0.4 is 0 Å². The van der Waals surface area contributed by atoms with Crippen molar-refractivity contribution in [3.63, 3.8) is 0 Å². The van der Waals surface area contributed by atoms with Crippen molar-refractivity contribution in [3.05, 3.63) is 0 Å². The van der Waals surface area contributed by atoms with E-state index in [1.54, 1.807) is 13.8 Å². The molecule has 0 aromatic heterocycles. The molecule has 3 saturated heterocycles. The first-order valence-corrected chi connectivity index (χ1v) is 19.1. The Kier molecular flexibility index (Phi) is 8.05. The van der Waals surface area contributed by atoms with Gasteiger partial charge in [0.15, 0.2) is 12.4 Å². The monoisotopic (exact) mass is 663 g/mol. The van der Waals surface area contributed by atoms with Gasteiger partial charge in [-0.05, 0) is 124 Å². The van der Waals surface area contributed by atoms with Gasteiger partial charge >= 0.3 is 5.97 Å². The topological polar surface area (TPSA) is 86.7 Å². The van der Waals surface area contributed by atoms with Gasteiger partial charge in [0, 0.05) is 38.8 Å². The van der Waals surface area contributed by atoms with Crippen molar-refractivity contribution in [2.24, 2.45) is 39.9 Å². The number of aliphatic hydroxyl groups is 1. The number of carbonyl (C=O) groups is 1. The number of esters is 1. The molecule has 5 saturated carbocycles. The number of nitrogens with zero attached hydrogens (tertiary/aromatic N) is 1. The van der Waals surface area contributed by atoms with E-state index in [0.29, 0.717) is 40.5 Å². The third-order valence-corrected chi connectivity index (χ3v) is 16.0. The van der Waals surface area contributed by atoms with Crippen LogP contribution in [-0.2, 0) is 28.5 Å². The first-order chi connectivity index (χ1) is 21.8. The van der Waals surface area contributed by atoms with E-state index in [1.165, 1.54) is 45.4 Å². The summed E-state index contributed by atoms with van der Waals surface area (Å²) in [5, 5.41) is 10.9. The normalized spacial score (nSPS) is 50.4. The predicted octanol–water partition coefficient (Wildman–Crippen LogP) is 5.64. The van der Waals surface area contributed by atoms with Gasteiger partial charge in [-0.2, -0.15) is 12.6 Å². The fourth-order valence-corrected chi connectivity index (χ4v) is 13.9. The molecule has 3 heterocycles. The van der Waals surface area contributed by atoms with Crippen LogP contribution in [0.3, 0.4) is 0 Å². The maximum atomic E-state index is 11.9. The lowest BCUT2D eigenvalue weighted by molar-refractivity contribution is -0.246. The van der Waals surface area contributed by atoms with Crippen LogP contribution in [0.2, 0.25) is 0 Å². The van der Waals surface area contributed by atoms with E-state index < -0.39 is 11.7 Å². The van der Waals surface area contributed by atoms with Gasteiger partial charge in [-0.3, -0.25) is 9.69 Å². The summed E-state index contributed by atoms with van der Waals surface area (Å²) >= 11 is 5.61. The molecular formula is C37H61NO7S. The van der Waals surface area contributed by atoms with E-state index in [-0.39, 0.29) is 42.2 Å². The Balaban J connectivity index is 0.00000351. The molecule has 8 rings (SSSR count). The van der Waals surface area contributed by atoms with Gasteiger partial charge < -0.3 is 28.8 Å². The van der Waals surface area contributed by atoms with Crippen molar-refractivity contribution < 1.29 is 35.0 Å². The zero-order chi connectivity index (χ0) is 32.3. The molecule has 8 unspecified atom stereocenters. The molecule has 8 nitrogen and oxygen atoms in total. The van der Waals surface area contributed by atoms with E-state index >= 15 is 0 Å². The van der Waals surface area contributed by atoms with Crippen LogP contribution in [0.4, 0.5) is 0 Å². The number of morpholine rings is 1. The van der Waals surface area contributed by atoms with Crippen LogP contribution in [0.1, 0.15) is 107 Å². The van der Waals surface area contributed by atoms with Gasteiger partial charge in [-0.1, -0.05) is 13.8 Å². The number of ether oxygens (including phenoxy) is 5. The number of fused-ring (bicyclic) bond motifs is 4. The van der Waals surface area contributed by atoms with Crippen molar-refractivity contribution in [1.29, 1.82) is 0 Å². The Morgan fingerprint density at radius 3 is 2.57 bits per heavy atom. The van der Waals surface area contributed by atoms with E-state index in [9.17, 15) is 9.90 Å². The van der Waals surface area contributed by atoms with Gasteiger partial charge in [0.05, 0.1) is 37.1 Å². The smallest absolute Gasteiger partial charge is 0.303 e. The highest BCUT2D eigenvalue weighted by Gasteiger charge is 2.81. The summed E-state index contributed by atoms with van der Waals surface area (Å²) in [5.41, 5.74) is -0.157. The van der Waals surface area contributed by atoms with Gasteiger partial charge in [0.1, 0.15) is 0 Å².